The average molecular weight is 314 g/mol. The van der Waals surface area contributed by atoms with Gasteiger partial charge in [-0.1, -0.05) is 26.8 Å². The molecule has 1 aromatic carbocycles. The Kier molecular flexibility index (Phi) is 7.55. The van der Waals surface area contributed by atoms with Gasteiger partial charge in [0, 0.05) is 23.6 Å². The maximum absolute atomic E-state index is 11.9. The number of hydrogen-bond donors (Lipinski definition) is 1. The highest BCUT2D eigenvalue weighted by Gasteiger charge is 2.15. The lowest BCUT2D eigenvalue weighted by Crippen LogP contribution is -2.13. The number of anilines is 1. The number of carbonyl (C=O) groups is 2. The Morgan fingerprint density at radius 1 is 1.30 bits per heavy atom. The molecule has 0 fully saturated rings. The van der Waals surface area contributed by atoms with E-state index in [9.17, 15) is 9.59 Å². The van der Waals surface area contributed by atoms with Gasteiger partial charge >= 0.3 is 0 Å². The van der Waals surface area contributed by atoms with Crippen molar-refractivity contribution in [2.45, 2.75) is 39.5 Å². The number of benzene rings is 1. The lowest BCUT2D eigenvalue weighted by atomic mass is 10.0. The Labute approximate surface area is 137 Å². The summed E-state index contributed by atoms with van der Waals surface area (Å²) in [5.41, 5.74) is 0.925. The molecule has 1 amide bonds. The second-order valence-electron chi connectivity index (χ2n) is 5.13. The van der Waals surface area contributed by atoms with E-state index < -0.39 is 5.78 Å². The highest BCUT2D eigenvalue weighted by atomic mass is 16.5. The third-order valence-corrected chi connectivity index (χ3v) is 3.21. The Morgan fingerprint density at radius 2 is 2.04 bits per heavy atom. The number of rotatable bonds is 9. The molecular weight excluding hydrogens is 292 g/mol. The van der Waals surface area contributed by atoms with E-state index >= 15 is 0 Å². The zero-order valence-electron chi connectivity index (χ0n) is 13.6. The summed E-state index contributed by atoms with van der Waals surface area (Å²) in [6.07, 6.45) is 3.04. The summed E-state index contributed by atoms with van der Waals surface area (Å²) in [5, 5.41) is 11.5. The fraction of sp³-hybridized carbons (Fsp3) is 0.389. The zero-order valence-corrected chi connectivity index (χ0v) is 13.6. The third kappa shape index (κ3) is 5.59. The average Bonchev–Trinajstić information content (AvgIpc) is 2.54. The largest absolute Gasteiger partial charge is 0.494 e. The molecule has 0 heterocycles. The molecule has 0 radical (unpaired) electrons. The van der Waals surface area contributed by atoms with Crippen molar-refractivity contribution in [3.63, 3.8) is 0 Å². The van der Waals surface area contributed by atoms with Crippen LogP contribution in [0.3, 0.4) is 0 Å². The minimum Gasteiger partial charge on any atom is -0.494 e. The van der Waals surface area contributed by atoms with Crippen molar-refractivity contribution in [2.24, 2.45) is 0 Å². The lowest BCUT2D eigenvalue weighted by molar-refractivity contribution is -0.116. The van der Waals surface area contributed by atoms with Gasteiger partial charge < -0.3 is 10.1 Å². The number of nitrogens with zero attached hydrogens (tertiary/aromatic N) is 1. The Bertz CT molecular complexity index is 630. The van der Waals surface area contributed by atoms with Crippen LogP contribution in [-0.2, 0) is 9.59 Å². The molecule has 122 valence electrons. The van der Waals surface area contributed by atoms with E-state index in [2.05, 4.69) is 18.8 Å². The Morgan fingerprint density at radius 3 is 2.65 bits per heavy atom. The monoisotopic (exact) mass is 314 g/mol. The molecule has 0 aliphatic rings. The van der Waals surface area contributed by atoms with Gasteiger partial charge in [0.05, 0.1) is 12.3 Å². The number of unbranched alkanes of at least 4 members (excludes halogenated alkanes) is 1. The summed E-state index contributed by atoms with van der Waals surface area (Å²) in [6.45, 7) is 8.21. The van der Waals surface area contributed by atoms with Gasteiger partial charge in [-0.05, 0) is 25.0 Å². The first-order chi connectivity index (χ1) is 11.0. The van der Waals surface area contributed by atoms with Gasteiger partial charge in [0.2, 0.25) is 5.91 Å². The topological polar surface area (TPSA) is 79.2 Å². The van der Waals surface area contributed by atoms with Crippen LogP contribution >= 0.6 is 0 Å². The fourth-order valence-electron chi connectivity index (χ4n) is 1.94. The summed E-state index contributed by atoms with van der Waals surface area (Å²) < 4.78 is 5.62. The van der Waals surface area contributed by atoms with Crippen LogP contribution in [0.1, 0.15) is 45.1 Å². The third-order valence-electron chi connectivity index (χ3n) is 3.21. The first-order valence-corrected chi connectivity index (χ1v) is 7.73. The quantitative estimate of drug-likeness (QED) is 0.428. The number of ketones is 1. The van der Waals surface area contributed by atoms with Crippen molar-refractivity contribution >= 4 is 23.0 Å². The highest BCUT2D eigenvalue weighted by Crippen LogP contribution is 2.28. The first-order valence-electron chi connectivity index (χ1n) is 7.73. The summed E-state index contributed by atoms with van der Waals surface area (Å²) >= 11 is 0. The van der Waals surface area contributed by atoms with Crippen LogP contribution in [-0.4, -0.2) is 18.3 Å². The highest BCUT2D eigenvalue weighted by molar-refractivity contribution is 6.28. The van der Waals surface area contributed by atoms with Crippen LogP contribution in [0.4, 0.5) is 5.69 Å². The van der Waals surface area contributed by atoms with Gasteiger partial charge in [-0.15, -0.1) is 0 Å². The van der Waals surface area contributed by atoms with Crippen LogP contribution in [0.2, 0.25) is 0 Å². The minimum atomic E-state index is -0.726. The van der Waals surface area contributed by atoms with Crippen LogP contribution in [0.15, 0.2) is 24.8 Å². The molecule has 0 spiro atoms. The predicted molar refractivity (Wildman–Crippen MR) is 90.0 cm³/mol. The molecule has 0 aromatic heterocycles. The number of nitrogens with one attached hydrogen (secondary N) is 1. The molecular formula is C18H22N2O3. The Hall–Kier alpha value is -2.61. The van der Waals surface area contributed by atoms with Crippen LogP contribution in [0, 0.1) is 11.3 Å². The number of ether oxygens (including phenoxy) is 1. The first kappa shape index (κ1) is 18.4. The van der Waals surface area contributed by atoms with Gasteiger partial charge in [-0.3, -0.25) is 9.59 Å². The SMILES string of the molecule is C=C(C(=O)C#N)c1ccc(OCCCC)cc1NC(=O)CCC. The van der Waals surface area contributed by atoms with E-state index in [4.69, 9.17) is 10.00 Å². The van der Waals surface area contributed by atoms with Crippen LogP contribution < -0.4 is 10.1 Å². The molecule has 0 bridgehead atoms. The van der Waals surface area contributed by atoms with Crippen molar-refractivity contribution in [3.05, 3.63) is 30.3 Å². The molecule has 1 N–H and O–H groups in total. The smallest absolute Gasteiger partial charge is 0.262 e. The molecule has 0 unspecified atom stereocenters. The fourth-order valence-corrected chi connectivity index (χ4v) is 1.94. The summed E-state index contributed by atoms with van der Waals surface area (Å²) in [5.74, 6) is -0.279. The molecule has 1 rings (SSSR count). The molecule has 0 saturated carbocycles. The van der Waals surface area contributed by atoms with Gasteiger partial charge in [0.1, 0.15) is 11.8 Å². The molecule has 0 aliphatic carbocycles. The van der Waals surface area contributed by atoms with E-state index in [1.54, 1.807) is 24.3 Å². The van der Waals surface area contributed by atoms with Gasteiger partial charge in [0.15, 0.2) is 0 Å². The number of nitriles is 1. The standard InChI is InChI=1S/C18H22N2O3/c1-4-6-10-23-14-8-9-15(13(3)17(21)12-19)16(11-14)20-18(22)7-5-2/h8-9,11H,3-7,10H2,1-2H3,(H,20,22). The predicted octanol–water partition coefficient (Wildman–Crippen LogP) is 3.71. The summed E-state index contributed by atoms with van der Waals surface area (Å²) in [4.78, 5) is 23.4. The molecule has 0 aliphatic heterocycles. The van der Waals surface area contributed by atoms with E-state index in [0.29, 0.717) is 36.4 Å². The number of Topliss-reactive ketones (excluding diaryl/α,β-unsaturated/α-hetero) is 1. The molecule has 5 heteroatoms. The van der Waals surface area contributed by atoms with Gasteiger partial charge in [-0.25, -0.2) is 0 Å². The second kappa shape index (κ2) is 9.42. The van der Waals surface area contributed by atoms with Crippen molar-refractivity contribution in [3.8, 4) is 11.8 Å². The normalized spacial score (nSPS) is 9.78. The zero-order chi connectivity index (χ0) is 17.2. The van der Waals surface area contributed by atoms with Crippen LogP contribution in [0.25, 0.3) is 5.57 Å². The summed E-state index contributed by atoms with van der Waals surface area (Å²) in [6, 6.07) is 6.55. The van der Waals surface area contributed by atoms with Gasteiger partial charge in [-0.2, -0.15) is 5.26 Å². The number of carbonyl (C=O) groups excluding carboxylic acids is 2. The molecule has 1 aromatic rings. The van der Waals surface area contributed by atoms with Crippen LogP contribution in [0.5, 0.6) is 5.75 Å². The minimum absolute atomic E-state index is 0.0550. The van der Waals surface area contributed by atoms with E-state index in [1.165, 1.54) is 0 Å². The lowest BCUT2D eigenvalue weighted by Gasteiger charge is -2.14. The second-order valence-corrected chi connectivity index (χ2v) is 5.13. The Balaban J connectivity index is 3.08. The maximum Gasteiger partial charge on any atom is 0.262 e. The van der Waals surface area contributed by atoms with Crippen molar-refractivity contribution in [2.75, 3.05) is 11.9 Å². The van der Waals surface area contributed by atoms with Crippen molar-refractivity contribution in [1.29, 1.82) is 5.26 Å². The summed E-state index contributed by atoms with van der Waals surface area (Å²) in [7, 11) is 0. The van der Waals surface area contributed by atoms with E-state index in [0.717, 1.165) is 12.8 Å². The molecule has 0 atom stereocenters. The van der Waals surface area contributed by atoms with E-state index in [-0.39, 0.29) is 11.5 Å². The maximum atomic E-state index is 11.9. The van der Waals surface area contributed by atoms with Crippen molar-refractivity contribution < 1.29 is 14.3 Å². The molecule has 5 nitrogen and oxygen atoms in total. The number of allylic oxidation sites excluding steroid dienone is 1. The van der Waals surface area contributed by atoms with E-state index in [1.807, 2.05) is 6.92 Å². The number of hydrogen-bond acceptors (Lipinski definition) is 4. The molecule has 23 heavy (non-hydrogen) atoms. The molecule has 0 saturated heterocycles. The number of amides is 1. The van der Waals surface area contributed by atoms with Crippen molar-refractivity contribution in [1.82, 2.24) is 0 Å². The van der Waals surface area contributed by atoms with Gasteiger partial charge in [0.25, 0.3) is 5.78 Å².